The summed E-state index contributed by atoms with van der Waals surface area (Å²) < 4.78 is 20.1. The van der Waals surface area contributed by atoms with E-state index < -0.39 is 34.7 Å². The van der Waals surface area contributed by atoms with E-state index in [0.717, 1.165) is 22.3 Å². The fourth-order valence-corrected chi connectivity index (χ4v) is 5.54. The summed E-state index contributed by atoms with van der Waals surface area (Å²) in [6.45, 7) is 5.85. The van der Waals surface area contributed by atoms with Crippen molar-refractivity contribution >= 4 is 29.5 Å². The lowest BCUT2D eigenvalue weighted by Gasteiger charge is -2.22. The first kappa shape index (κ1) is 26.9. The van der Waals surface area contributed by atoms with Gasteiger partial charge in [-0.3, -0.25) is 19.2 Å². The SMILES string of the molecule is C=CC1CC(C(=O)OC)(C(=O)OC)C/C1=C1/CC(C(=O)OC)(C(=O)OC)C/C1=C(\C)c1ccccc1. The van der Waals surface area contributed by atoms with Crippen LogP contribution in [-0.2, 0) is 38.1 Å². The quantitative estimate of drug-likeness (QED) is 0.253. The molecule has 2 saturated carbocycles. The second kappa shape index (κ2) is 10.5. The smallest absolute Gasteiger partial charge is 0.323 e. The summed E-state index contributed by atoms with van der Waals surface area (Å²) in [5, 5.41) is 0. The number of carbonyl (C=O) groups is 4. The normalized spacial score (nSPS) is 23.4. The van der Waals surface area contributed by atoms with Gasteiger partial charge in [0.25, 0.3) is 0 Å². The summed E-state index contributed by atoms with van der Waals surface area (Å²) >= 11 is 0. The zero-order chi connectivity index (χ0) is 26.7. The van der Waals surface area contributed by atoms with Crippen LogP contribution in [-0.4, -0.2) is 52.3 Å². The highest BCUT2D eigenvalue weighted by molar-refractivity contribution is 6.03. The first-order chi connectivity index (χ1) is 17.1. The van der Waals surface area contributed by atoms with Gasteiger partial charge in [-0.1, -0.05) is 42.0 Å². The lowest BCUT2D eigenvalue weighted by molar-refractivity contribution is -0.170. The molecule has 1 aromatic rings. The van der Waals surface area contributed by atoms with E-state index in [1.54, 1.807) is 6.08 Å². The number of benzene rings is 1. The fourth-order valence-electron chi connectivity index (χ4n) is 5.54. The lowest BCUT2D eigenvalue weighted by atomic mass is 9.84. The minimum Gasteiger partial charge on any atom is -0.468 e. The molecule has 0 radical (unpaired) electrons. The molecule has 0 spiro atoms. The van der Waals surface area contributed by atoms with E-state index in [1.807, 2.05) is 37.3 Å². The number of carbonyl (C=O) groups excluding carboxylic acids is 4. The van der Waals surface area contributed by atoms with Crippen molar-refractivity contribution in [2.45, 2.75) is 32.6 Å². The molecule has 8 nitrogen and oxygen atoms in total. The maximum Gasteiger partial charge on any atom is 0.323 e. The first-order valence-corrected chi connectivity index (χ1v) is 11.6. The Morgan fingerprint density at radius 2 is 1.31 bits per heavy atom. The number of allylic oxidation sites excluding steroid dienone is 5. The second-order valence-corrected chi connectivity index (χ2v) is 9.18. The van der Waals surface area contributed by atoms with Gasteiger partial charge < -0.3 is 18.9 Å². The van der Waals surface area contributed by atoms with Gasteiger partial charge in [0.05, 0.1) is 28.4 Å². The van der Waals surface area contributed by atoms with Crippen molar-refractivity contribution in [2.24, 2.45) is 16.7 Å². The summed E-state index contributed by atoms with van der Waals surface area (Å²) in [5.74, 6) is -3.20. The highest BCUT2D eigenvalue weighted by atomic mass is 16.6. The molecule has 2 aliphatic carbocycles. The summed E-state index contributed by atoms with van der Waals surface area (Å²) in [5.41, 5.74) is 0.848. The Labute approximate surface area is 210 Å². The average Bonchev–Trinajstić information content (AvgIpc) is 3.52. The van der Waals surface area contributed by atoms with E-state index in [-0.39, 0.29) is 31.6 Å². The molecule has 0 aromatic heterocycles. The van der Waals surface area contributed by atoms with E-state index in [2.05, 4.69) is 6.58 Å². The Morgan fingerprint density at radius 3 is 1.78 bits per heavy atom. The molecule has 0 saturated heterocycles. The summed E-state index contributed by atoms with van der Waals surface area (Å²) in [6, 6.07) is 9.57. The molecule has 0 heterocycles. The van der Waals surface area contributed by atoms with Crippen molar-refractivity contribution in [3.63, 3.8) is 0 Å². The molecule has 1 aromatic carbocycles. The predicted octanol–water partition coefficient (Wildman–Crippen LogP) is 3.81. The van der Waals surface area contributed by atoms with Crippen molar-refractivity contribution in [3.8, 4) is 0 Å². The van der Waals surface area contributed by atoms with E-state index in [4.69, 9.17) is 18.9 Å². The van der Waals surface area contributed by atoms with E-state index in [0.29, 0.717) is 5.57 Å². The molecule has 0 aliphatic heterocycles. The molecule has 192 valence electrons. The predicted molar refractivity (Wildman–Crippen MR) is 131 cm³/mol. The van der Waals surface area contributed by atoms with Crippen molar-refractivity contribution in [2.75, 3.05) is 28.4 Å². The van der Waals surface area contributed by atoms with Crippen LogP contribution in [0.4, 0.5) is 0 Å². The first-order valence-electron chi connectivity index (χ1n) is 11.6. The standard InChI is InChI=1S/C28H32O8/c1-7-18-13-27(23(29)33-3,24(30)34-4)15-21(18)22-16-28(25(31)35-5,26(32)36-6)14-20(22)17(2)19-11-9-8-10-12-19/h7-12,18H,1,13-16H2,2-6H3/b20-17-,22-21+. The minimum atomic E-state index is -1.59. The number of methoxy groups -OCH3 is 4. The van der Waals surface area contributed by atoms with Crippen molar-refractivity contribution in [3.05, 3.63) is 65.3 Å². The van der Waals surface area contributed by atoms with Crippen LogP contribution < -0.4 is 0 Å². The third kappa shape index (κ3) is 4.25. The molecular weight excluding hydrogens is 464 g/mol. The molecule has 0 N–H and O–H groups in total. The minimum absolute atomic E-state index is 0.00392. The third-order valence-corrected chi connectivity index (χ3v) is 7.47. The Balaban J connectivity index is 2.33. The number of hydrogen-bond donors (Lipinski definition) is 0. The van der Waals surface area contributed by atoms with E-state index in [9.17, 15) is 19.2 Å². The van der Waals surface area contributed by atoms with E-state index >= 15 is 0 Å². The molecule has 0 bridgehead atoms. The van der Waals surface area contributed by atoms with Gasteiger partial charge in [-0.05, 0) is 54.4 Å². The fraction of sp³-hybridized carbons (Fsp3) is 0.429. The van der Waals surface area contributed by atoms with Gasteiger partial charge in [-0.25, -0.2) is 0 Å². The van der Waals surface area contributed by atoms with Gasteiger partial charge in [0.2, 0.25) is 0 Å². The van der Waals surface area contributed by atoms with Crippen LogP contribution in [0.1, 0.15) is 38.2 Å². The Hall–Kier alpha value is -3.68. The Morgan fingerprint density at radius 1 is 0.806 bits per heavy atom. The van der Waals surface area contributed by atoms with Gasteiger partial charge in [0.15, 0.2) is 10.8 Å². The molecule has 8 heteroatoms. The van der Waals surface area contributed by atoms with Gasteiger partial charge in [-0.2, -0.15) is 0 Å². The lowest BCUT2D eigenvalue weighted by Crippen LogP contribution is -2.39. The van der Waals surface area contributed by atoms with Crippen LogP contribution in [0.15, 0.2) is 59.7 Å². The largest absolute Gasteiger partial charge is 0.468 e. The van der Waals surface area contributed by atoms with Gasteiger partial charge in [-0.15, -0.1) is 6.58 Å². The highest BCUT2D eigenvalue weighted by Gasteiger charge is 2.59. The second-order valence-electron chi connectivity index (χ2n) is 9.18. The molecule has 2 aliphatic rings. The molecule has 2 fully saturated rings. The van der Waals surface area contributed by atoms with Crippen LogP contribution >= 0.6 is 0 Å². The topological polar surface area (TPSA) is 105 Å². The molecular formula is C28H32O8. The summed E-state index contributed by atoms with van der Waals surface area (Å²) in [6.07, 6.45) is 1.85. The van der Waals surface area contributed by atoms with Crippen molar-refractivity contribution in [1.82, 2.24) is 0 Å². The number of hydrogen-bond acceptors (Lipinski definition) is 8. The van der Waals surface area contributed by atoms with Crippen molar-refractivity contribution in [1.29, 1.82) is 0 Å². The molecule has 36 heavy (non-hydrogen) atoms. The third-order valence-electron chi connectivity index (χ3n) is 7.47. The maximum absolute atomic E-state index is 13.1. The highest BCUT2D eigenvalue weighted by Crippen LogP contribution is 2.56. The number of esters is 4. The summed E-state index contributed by atoms with van der Waals surface area (Å²) in [7, 11) is 4.91. The zero-order valence-corrected chi connectivity index (χ0v) is 21.3. The van der Waals surface area contributed by atoms with Gasteiger partial charge in [0.1, 0.15) is 0 Å². The van der Waals surface area contributed by atoms with Crippen LogP contribution in [0.5, 0.6) is 0 Å². The molecule has 1 atom stereocenters. The van der Waals surface area contributed by atoms with Crippen LogP contribution in [0.2, 0.25) is 0 Å². The summed E-state index contributed by atoms with van der Waals surface area (Å²) in [4.78, 5) is 51.9. The van der Waals surface area contributed by atoms with E-state index in [1.165, 1.54) is 28.4 Å². The van der Waals surface area contributed by atoms with Crippen LogP contribution in [0.25, 0.3) is 5.57 Å². The Kier molecular flexibility index (Phi) is 7.86. The molecule has 0 amide bonds. The van der Waals surface area contributed by atoms with Crippen LogP contribution in [0.3, 0.4) is 0 Å². The number of ether oxygens (including phenoxy) is 4. The molecule has 3 rings (SSSR count). The van der Waals surface area contributed by atoms with Gasteiger partial charge >= 0.3 is 23.9 Å². The Bertz CT molecular complexity index is 1110. The maximum atomic E-state index is 13.1. The zero-order valence-electron chi connectivity index (χ0n) is 21.3. The van der Waals surface area contributed by atoms with Gasteiger partial charge in [0, 0.05) is 6.42 Å². The monoisotopic (exact) mass is 496 g/mol. The van der Waals surface area contributed by atoms with Crippen molar-refractivity contribution < 1.29 is 38.1 Å². The van der Waals surface area contributed by atoms with Crippen LogP contribution in [0, 0.1) is 16.7 Å². The average molecular weight is 497 g/mol. The number of rotatable bonds is 6. The molecule has 1 unspecified atom stereocenters.